The van der Waals surface area contributed by atoms with Crippen LogP contribution in [-0.2, 0) is 6.54 Å². The van der Waals surface area contributed by atoms with Crippen LogP contribution >= 0.6 is 11.6 Å². The molecule has 1 heterocycles. The lowest BCUT2D eigenvalue weighted by atomic mass is 9.92. The number of aryl methyl sites for hydroxylation is 2. The number of nitrogens with one attached hydrogen (secondary N) is 1. The molecule has 20 heavy (non-hydrogen) atoms. The minimum atomic E-state index is -0.439. The zero-order chi connectivity index (χ0) is 14.7. The summed E-state index contributed by atoms with van der Waals surface area (Å²) in [5, 5.41) is 17.2. The summed E-state index contributed by atoms with van der Waals surface area (Å²) in [6.07, 6.45) is 3.23. The number of aromatic nitrogens is 2. The van der Waals surface area contributed by atoms with Gasteiger partial charge in [0.2, 0.25) is 0 Å². The molecule has 1 saturated carbocycles. The molecule has 112 valence electrons. The van der Waals surface area contributed by atoms with Crippen LogP contribution in [0.2, 0.25) is 0 Å². The highest BCUT2D eigenvalue weighted by Gasteiger charge is 2.27. The number of halogens is 1. The van der Waals surface area contributed by atoms with E-state index in [0.29, 0.717) is 23.7 Å². The predicted molar refractivity (Wildman–Crippen MR) is 78.2 cm³/mol. The highest BCUT2D eigenvalue weighted by molar-refractivity contribution is 6.17. The van der Waals surface area contributed by atoms with Crippen molar-refractivity contribution in [3.63, 3.8) is 0 Å². The second-order valence-corrected chi connectivity index (χ2v) is 5.77. The van der Waals surface area contributed by atoms with Crippen LogP contribution in [0.25, 0.3) is 0 Å². The Balaban J connectivity index is 2.12. The number of alkyl halides is 1. The Morgan fingerprint density at radius 3 is 2.80 bits per heavy atom. The largest absolute Gasteiger partial charge is 0.391 e. The van der Waals surface area contributed by atoms with Gasteiger partial charge in [-0.2, -0.15) is 5.10 Å². The van der Waals surface area contributed by atoms with Crippen LogP contribution in [-0.4, -0.2) is 38.8 Å². The van der Waals surface area contributed by atoms with Crippen molar-refractivity contribution in [1.29, 1.82) is 0 Å². The van der Waals surface area contributed by atoms with Gasteiger partial charge < -0.3 is 10.4 Å². The van der Waals surface area contributed by atoms with Gasteiger partial charge in [-0.3, -0.25) is 9.48 Å². The van der Waals surface area contributed by atoms with Gasteiger partial charge in [0.25, 0.3) is 5.91 Å². The molecule has 1 aromatic rings. The Kier molecular flexibility index (Phi) is 5.05. The number of carbonyl (C=O) groups is 1. The number of aliphatic hydroxyl groups is 1. The molecule has 0 saturated heterocycles. The maximum absolute atomic E-state index is 12.4. The molecule has 1 aliphatic rings. The third kappa shape index (κ3) is 3.15. The molecule has 2 N–H and O–H groups in total. The Labute approximate surface area is 124 Å². The van der Waals surface area contributed by atoms with Gasteiger partial charge in [0.05, 0.1) is 29.9 Å². The monoisotopic (exact) mass is 299 g/mol. The van der Waals surface area contributed by atoms with Crippen molar-refractivity contribution >= 4 is 17.5 Å². The fourth-order valence-corrected chi connectivity index (χ4v) is 3.00. The van der Waals surface area contributed by atoms with Crippen LogP contribution in [0.15, 0.2) is 0 Å². The predicted octanol–water partition coefficient (Wildman–Crippen LogP) is 1.77. The molecule has 2 rings (SSSR count). The van der Waals surface area contributed by atoms with Crippen LogP contribution in [0.5, 0.6) is 0 Å². The molecule has 6 heteroatoms. The first kappa shape index (κ1) is 15.3. The number of nitrogens with zero attached hydrogens (tertiary/aromatic N) is 2. The van der Waals surface area contributed by atoms with E-state index in [1.54, 1.807) is 4.68 Å². The first-order valence-corrected chi connectivity index (χ1v) is 7.67. The maximum atomic E-state index is 12.4. The molecule has 1 aliphatic carbocycles. The lowest BCUT2D eigenvalue weighted by molar-refractivity contribution is 0.0716. The Morgan fingerprint density at radius 2 is 2.15 bits per heavy atom. The van der Waals surface area contributed by atoms with Crippen molar-refractivity contribution in [3.05, 3.63) is 17.0 Å². The fraction of sp³-hybridized carbons (Fsp3) is 0.714. The third-order valence-electron chi connectivity index (χ3n) is 3.95. The molecule has 0 aliphatic heterocycles. The zero-order valence-corrected chi connectivity index (χ0v) is 12.8. The zero-order valence-electron chi connectivity index (χ0n) is 12.0. The summed E-state index contributed by atoms with van der Waals surface area (Å²) in [5.74, 6) is 0.316. The molecule has 5 nitrogen and oxygen atoms in total. The number of hydrogen-bond donors (Lipinski definition) is 2. The molecule has 0 radical (unpaired) electrons. The van der Waals surface area contributed by atoms with E-state index in [4.69, 9.17) is 11.6 Å². The van der Waals surface area contributed by atoms with Crippen LogP contribution in [0.3, 0.4) is 0 Å². The number of rotatable bonds is 4. The van der Waals surface area contributed by atoms with Gasteiger partial charge in [-0.25, -0.2) is 0 Å². The summed E-state index contributed by atoms with van der Waals surface area (Å²) in [5.41, 5.74) is 2.13. The number of carbonyl (C=O) groups excluding carboxylic acids is 1. The van der Waals surface area contributed by atoms with Gasteiger partial charge in [0.1, 0.15) is 0 Å². The summed E-state index contributed by atoms with van der Waals surface area (Å²) in [6.45, 7) is 4.29. The second-order valence-electron chi connectivity index (χ2n) is 5.39. The summed E-state index contributed by atoms with van der Waals surface area (Å²) in [7, 11) is 0. The lowest BCUT2D eigenvalue weighted by Crippen LogP contribution is -2.45. The normalized spacial score (nSPS) is 22.8. The second kappa shape index (κ2) is 6.59. The smallest absolute Gasteiger partial charge is 0.255 e. The Morgan fingerprint density at radius 1 is 1.45 bits per heavy atom. The van der Waals surface area contributed by atoms with Gasteiger partial charge in [-0.1, -0.05) is 12.8 Å². The maximum Gasteiger partial charge on any atom is 0.255 e. The topological polar surface area (TPSA) is 67.2 Å². The van der Waals surface area contributed by atoms with Gasteiger partial charge in [-0.05, 0) is 26.7 Å². The summed E-state index contributed by atoms with van der Waals surface area (Å²) >= 11 is 5.73. The number of hydrogen-bond acceptors (Lipinski definition) is 3. The van der Waals surface area contributed by atoms with Gasteiger partial charge in [0, 0.05) is 11.6 Å². The van der Waals surface area contributed by atoms with Crippen molar-refractivity contribution in [2.24, 2.45) is 0 Å². The Bertz CT molecular complexity index is 487. The van der Waals surface area contributed by atoms with Crippen molar-refractivity contribution in [2.75, 3.05) is 5.88 Å². The quantitative estimate of drug-likeness (QED) is 0.833. The third-order valence-corrected chi connectivity index (χ3v) is 4.12. The molecule has 1 fully saturated rings. The van der Waals surface area contributed by atoms with Gasteiger partial charge in [-0.15, -0.1) is 11.6 Å². The summed E-state index contributed by atoms with van der Waals surface area (Å²) in [4.78, 5) is 12.4. The van der Waals surface area contributed by atoms with E-state index in [2.05, 4.69) is 10.4 Å². The van der Waals surface area contributed by atoms with Crippen molar-refractivity contribution in [1.82, 2.24) is 15.1 Å². The van der Waals surface area contributed by atoms with Gasteiger partial charge >= 0.3 is 0 Å². The Hall–Kier alpha value is -1.07. The molecule has 2 atom stereocenters. The van der Waals surface area contributed by atoms with E-state index < -0.39 is 6.10 Å². The van der Waals surface area contributed by atoms with Crippen LogP contribution in [0.4, 0.5) is 0 Å². The van der Waals surface area contributed by atoms with E-state index in [-0.39, 0.29) is 11.9 Å². The molecule has 1 aromatic heterocycles. The van der Waals surface area contributed by atoms with Crippen LogP contribution in [0.1, 0.15) is 47.4 Å². The van der Waals surface area contributed by atoms with E-state index in [1.807, 2.05) is 13.8 Å². The first-order valence-electron chi connectivity index (χ1n) is 7.13. The number of aliphatic hydroxyl groups excluding tert-OH is 1. The molecular weight excluding hydrogens is 278 g/mol. The standard InChI is InChI=1S/C14H22ClN3O2/c1-9-13(10(2)18(17-9)8-7-15)14(20)16-11-5-3-4-6-12(11)19/h11-12,19H,3-8H2,1-2H3,(H,16,20). The van der Waals surface area contributed by atoms with Crippen LogP contribution < -0.4 is 5.32 Å². The summed E-state index contributed by atoms with van der Waals surface area (Å²) < 4.78 is 1.76. The van der Waals surface area contributed by atoms with E-state index in [0.717, 1.165) is 31.4 Å². The number of amides is 1. The SMILES string of the molecule is Cc1nn(CCCl)c(C)c1C(=O)NC1CCCCC1O. The lowest BCUT2D eigenvalue weighted by Gasteiger charge is -2.28. The molecule has 1 amide bonds. The molecule has 0 bridgehead atoms. The van der Waals surface area contributed by atoms with Crippen molar-refractivity contribution < 1.29 is 9.90 Å². The van der Waals surface area contributed by atoms with Gasteiger partial charge in [0.15, 0.2) is 0 Å². The average molecular weight is 300 g/mol. The van der Waals surface area contributed by atoms with E-state index in [1.165, 1.54) is 0 Å². The average Bonchev–Trinajstić information content (AvgIpc) is 2.68. The molecular formula is C14H22ClN3O2. The van der Waals surface area contributed by atoms with Crippen molar-refractivity contribution in [3.8, 4) is 0 Å². The highest BCUT2D eigenvalue weighted by Crippen LogP contribution is 2.20. The molecule has 2 unspecified atom stereocenters. The molecule has 0 aromatic carbocycles. The highest BCUT2D eigenvalue weighted by atomic mass is 35.5. The fourth-order valence-electron chi connectivity index (χ4n) is 2.84. The van der Waals surface area contributed by atoms with Crippen molar-refractivity contribution in [2.45, 2.75) is 58.2 Å². The first-order chi connectivity index (χ1) is 9.54. The summed E-state index contributed by atoms with van der Waals surface area (Å²) in [6, 6.07) is -0.147. The minimum absolute atomic E-state index is 0.147. The minimum Gasteiger partial charge on any atom is -0.391 e. The van der Waals surface area contributed by atoms with E-state index >= 15 is 0 Å². The molecule has 0 spiro atoms. The van der Waals surface area contributed by atoms with Crippen LogP contribution in [0, 0.1) is 13.8 Å². The van der Waals surface area contributed by atoms with E-state index in [9.17, 15) is 9.90 Å².